The van der Waals surface area contributed by atoms with Gasteiger partial charge in [-0.15, -0.1) is 0 Å². The average molecular weight is 338 g/mol. The Morgan fingerprint density at radius 2 is 2.32 bits per heavy atom. The summed E-state index contributed by atoms with van der Waals surface area (Å²) in [4.78, 5) is 22.5. The minimum absolute atomic E-state index is 0.0657. The largest absolute Gasteiger partial charge is 0.361 e. The fourth-order valence-electron chi connectivity index (χ4n) is 3.59. The number of aromatic amines is 1. The second kappa shape index (κ2) is 6.35. The molecule has 130 valence electrons. The summed E-state index contributed by atoms with van der Waals surface area (Å²) in [6.45, 7) is 4.80. The Morgan fingerprint density at radius 3 is 3.12 bits per heavy atom. The Bertz CT molecular complexity index is 911. The van der Waals surface area contributed by atoms with Crippen LogP contribution < -0.4 is 0 Å². The van der Waals surface area contributed by atoms with Crippen LogP contribution in [0.3, 0.4) is 0 Å². The number of aromatic nitrogens is 3. The molecule has 1 N–H and O–H groups in total. The summed E-state index contributed by atoms with van der Waals surface area (Å²) < 4.78 is 5.22. The summed E-state index contributed by atoms with van der Waals surface area (Å²) in [5.74, 6) is 1.38. The smallest absolute Gasteiger partial charge is 0.227 e. The fourth-order valence-corrected chi connectivity index (χ4v) is 3.59. The van der Waals surface area contributed by atoms with Gasteiger partial charge in [0.25, 0.3) is 0 Å². The number of rotatable bonds is 4. The molecule has 1 amide bonds. The van der Waals surface area contributed by atoms with E-state index in [2.05, 4.69) is 40.2 Å². The number of nitrogens with one attached hydrogen (secondary N) is 1. The van der Waals surface area contributed by atoms with Gasteiger partial charge in [-0.1, -0.05) is 24.2 Å². The molecule has 2 aromatic heterocycles. The minimum Gasteiger partial charge on any atom is -0.361 e. The van der Waals surface area contributed by atoms with Gasteiger partial charge in [0.05, 0.1) is 12.5 Å². The highest BCUT2D eigenvalue weighted by atomic mass is 16.5. The van der Waals surface area contributed by atoms with E-state index in [0.717, 1.165) is 35.9 Å². The lowest BCUT2D eigenvalue weighted by molar-refractivity contribution is -0.131. The summed E-state index contributed by atoms with van der Waals surface area (Å²) in [6.07, 6.45) is 4.90. The van der Waals surface area contributed by atoms with Crippen molar-refractivity contribution in [2.45, 2.75) is 45.6 Å². The lowest BCUT2D eigenvalue weighted by Gasteiger charge is -2.22. The van der Waals surface area contributed by atoms with Gasteiger partial charge < -0.3 is 14.4 Å². The first-order chi connectivity index (χ1) is 12.2. The maximum Gasteiger partial charge on any atom is 0.227 e. The molecule has 4 rings (SSSR count). The molecule has 1 atom stereocenters. The summed E-state index contributed by atoms with van der Waals surface area (Å²) in [6, 6.07) is 6.20. The van der Waals surface area contributed by atoms with E-state index in [1.54, 1.807) is 0 Å². The molecule has 1 saturated heterocycles. The second-order valence-corrected chi connectivity index (χ2v) is 6.68. The lowest BCUT2D eigenvalue weighted by Crippen LogP contribution is -2.32. The Morgan fingerprint density at radius 1 is 1.44 bits per heavy atom. The number of hydrogen-bond donors (Lipinski definition) is 1. The molecule has 6 nitrogen and oxygen atoms in total. The zero-order valence-electron chi connectivity index (χ0n) is 14.6. The third-order valence-corrected chi connectivity index (χ3v) is 4.92. The van der Waals surface area contributed by atoms with Crippen LogP contribution >= 0.6 is 0 Å². The maximum atomic E-state index is 12.9. The molecule has 3 heterocycles. The molecule has 25 heavy (non-hydrogen) atoms. The number of H-pyrrole nitrogens is 1. The standard InChI is InChI=1S/C19H22N4O2/c1-3-17-21-19(22-25-17)16-5-4-8-23(16)18(24)10-13-11-20-15-9-12(2)6-7-14(13)15/h6-7,9,11,16,20H,3-5,8,10H2,1-2H3/t16-/m1/s1. The fraction of sp³-hybridized carbons (Fsp3) is 0.421. The van der Waals surface area contributed by atoms with Crippen molar-refractivity contribution in [2.75, 3.05) is 6.54 Å². The number of aryl methyl sites for hydroxylation is 2. The van der Waals surface area contributed by atoms with E-state index >= 15 is 0 Å². The van der Waals surface area contributed by atoms with Crippen molar-refractivity contribution < 1.29 is 9.32 Å². The molecule has 1 fully saturated rings. The van der Waals surface area contributed by atoms with E-state index < -0.39 is 0 Å². The zero-order valence-corrected chi connectivity index (χ0v) is 14.6. The van der Waals surface area contributed by atoms with Crippen LogP contribution in [0.4, 0.5) is 0 Å². The maximum absolute atomic E-state index is 12.9. The summed E-state index contributed by atoms with van der Waals surface area (Å²) in [7, 11) is 0. The minimum atomic E-state index is -0.0657. The molecule has 0 aliphatic carbocycles. The predicted molar refractivity (Wildman–Crippen MR) is 94.1 cm³/mol. The average Bonchev–Trinajstić information content (AvgIpc) is 3.33. The first-order valence-electron chi connectivity index (χ1n) is 8.84. The van der Waals surface area contributed by atoms with E-state index in [9.17, 15) is 4.79 Å². The van der Waals surface area contributed by atoms with Crippen molar-refractivity contribution in [1.82, 2.24) is 20.0 Å². The van der Waals surface area contributed by atoms with Gasteiger partial charge in [-0.25, -0.2) is 0 Å². The Hall–Kier alpha value is -2.63. The molecule has 1 aliphatic heterocycles. The van der Waals surface area contributed by atoms with Gasteiger partial charge in [0.2, 0.25) is 11.8 Å². The van der Waals surface area contributed by atoms with Crippen molar-refractivity contribution in [2.24, 2.45) is 0 Å². The number of benzene rings is 1. The van der Waals surface area contributed by atoms with Crippen molar-refractivity contribution in [3.05, 3.63) is 47.2 Å². The number of likely N-dealkylation sites (tertiary alicyclic amines) is 1. The number of carbonyl (C=O) groups is 1. The third kappa shape index (κ3) is 2.92. The van der Waals surface area contributed by atoms with Crippen LogP contribution in [0.1, 0.15) is 48.6 Å². The number of nitrogens with zero attached hydrogens (tertiary/aromatic N) is 3. The van der Waals surface area contributed by atoms with Crippen LogP contribution in [0.15, 0.2) is 28.9 Å². The van der Waals surface area contributed by atoms with Crippen molar-refractivity contribution >= 4 is 16.8 Å². The van der Waals surface area contributed by atoms with E-state index in [1.165, 1.54) is 5.56 Å². The molecule has 0 spiro atoms. The summed E-state index contributed by atoms with van der Waals surface area (Å²) in [5, 5.41) is 5.19. The normalized spacial score (nSPS) is 17.5. The Kier molecular flexibility index (Phi) is 4.03. The Balaban J connectivity index is 1.55. The SMILES string of the molecule is CCc1nc([C@H]2CCCN2C(=O)Cc2c[nH]c3cc(C)ccc23)no1. The predicted octanol–water partition coefficient (Wildman–Crippen LogP) is 3.33. The lowest BCUT2D eigenvalue weighted by atomic mass is 10.1. The van der Waals surface area contributed by atoms with Crippen LogP contribution in [-0.2, 0) is 17.6 Å². The van der Waals surface area contributed by atoms with Crippen LogP contribution in [0.5, 0.6) is 0 Å². The van der Waals surface area contributed by atoms with E-state index in [-0.39, 0.29) is 11.9 Å². The summed E-state index contributed by atoms with van der Waals surface area (Å²) >= 11 is 0. The van der Waals surface area contributed by atoms with Crippen molar-refractivity contribution in [3.63, 3.8) is 0 Å². The number of hydrogen-bond acceptors (Lipinski definition) is 4. The van der Waals surface area contributed by atoms with Gasteiger partial charge in [0, 0.05) is 30.1 Å². The molecule has 0 saturated carbocycles. The van der Waals surface area contributed by atoms with E-state index in [1.807, 2.05) is 18.0 Å². The number of amides is 1. The van der Waals surface area contributed by atoms with E-state index in [4.69, 9.17) is 4.52 Å². The van der Waals surface area contributed by atoms with E-state index in [0.29, 0.717) is 24.6 Å². The molecular weight excluding hydrogens is 316 g/mol. The summed E-state index contributed by atoms with van der Waals surface area (Å²) in [5.41, 5.74) is 3.32. The van der Waals surface area contributed by atoms with Crippen molar-refractivity contribution in [1.29, 1.82) is 0 Å². The molecule has 3 aromatic rings. The molecule has 0 unspecified atom stereocenters. The highest BCUT2D eigenvalue weighted by Crippen LogP contribution is 2.31. The highest BCUT2D eigenvalue weighted by molar-refractivity contribution is 5.89. The topological polar surface area (TPSA) is 75.0 Å². The van der Waals surface area contributed by atoms with Gasteiger partial charge in [0.15, 0.2) is 5.82 Å². The van der Waals surface area contributed by atoms with Crippen LogP contribution in [0.25, 0.3) is 10.9 Å². The Labute approximate surface area is 146 Å². The van der Waals surface area contributed by atoms with Gasteiger partial charge >= 0.3 is 0 Å². The first kappa shape index (κ1) is 15.9. The first-order valence-corrected chi connectivity index (χ1v) is 8.84. The molecular formula is C19H22N4O2. The van der Waals surface area contributed by atoms with Crippen molar-refractivity contribution in [3.8, 4) is 0 Å². The third-order valence-electron chi connectivity index (χ3n) is 4.92. The highest BCUT2D eigenvalue weighted by Gasteiger charge is 2.33. The van der Waals surface area contributed by atoms with Gasteiger partial charge in [-0.05, 0) is 37.0 Å². The molecule has 0 bridgehead atoms. The van der Waals surface area contributed by atoms with Crippen LogP contribution in [-0.4, -0.2) is 32.5 Å². The van der Waals surface area contributed by atoms with Gasteiger partial charge in [0.1, 0.15) is 0 Å². The molecule has 1 aliphatic rings. The molecule has 0 radical (unpaired) electrons. The second-order valence-electron chi connectivity index (χ2n) is 6.68. The quantitative estimate of drug-likeness (QED) is 0.792. The monoisotopic (exact) mass is 338 g/mol. The molecule has 6 heteroatoms. The number of fused-ring (bicyclic) bond motifs is 1. The van der Waals surface area contributed by atoms with Crippen LogP contribution in [0.2, 0.25) is 0 Å². The zero-order chi connectivity index (χ0) is 17.4. The van der Waals surface area contributed by atoms with Gasteiger partial charge in [-0.3, -0.25) is 4.79 Å². The molecule has 1 aromatic carbocycles. The van der Waals surface area contributed by atoms with Crippen LogP contribution in [0, 0.1) is 6.92 Å². The number of carbonyl (C=O) groups excluding carboxylic acids is 1. The van der Waals surface area contributed by atoms with Gasteiger partial charge in [-0.2, -0.15) is 4.98 Å².